The van der Waals surface area contributed by atoms with Gasteiger partial charge in [0.1, 0.15) is 11.5 Å². The molecule has 11 heteroatoms. The molecule has 4 N–H and O–H groups in total. The Morgan fingerprint density at radius 2 is 0.621 bits per heavy atom. The van der Waals surface area contributed by atoms with Crippen LogP contribution in [0.15, 0.2) is 95.0 Å². The fourth-order valence-electron chi connectivity index (χ4n) is 12.3. The number of carboxylic acid groups (broad SMARTS) is 2. The summed E-state index contributed by atoms with van der Waals surface area (Å²) in [5.74, 6) is -4.94. The topological polar surface area (TPSA) is 186 Å². The van der Waals surface area contributed by atoms with Crippen molar-refractivity contribution in [2.24, 2.45) is 9.98 Å². The van der Waals surface area contributed by atoms with Crippen molar-refractivity contribution < 1.29 is 56.7 Å². The van der Waals surface area contributed by atoms with Gasteiger partial charge in [-0.05, 0) is 174 Å². The molecule has 0 bridgehead atoms. The van der Waals surface area contributed by atoms with Crippen molar-refractivity contribution in [3.63, 3.8) is 0 Å². The maximum absolute atomic E-state index is 11.8. The second-order valence-corrected chi connectivity index (χ2v) is 26.2. The average molecular weight is 1350 g/mol. The quantitative estimate of drug-likeness (QED) is 0.0146. The molecule has 0 aliphatic heterocycles. The van der Waals surface area contributed by atoms with Gasteiger partial charge in [-0.2, -0.15) is 0 Å². The molecule has 0 saturated heterocycles. The minimum Gasteiger partial charge on any atom is -0.869 e. The number of aliphatic imine (C=N–C) groups is 2. The van der Waals surface area contributed by atoms with Crippen molar-refractivity contribution in [3.8, 4) is 23.0 Å². The Morgan fingerprint density at radius 3 is 0.916 bits per heavy atom. The molecule has 0 fully saturated rings. The number of phenols is 2. The van der Waals surface area contributed by atoms with Gasteiger partial charge in [-0.3, -0.25) is 9.98 Å². The summed E-state index contributed by atoms with van der Waals surface area (Å²) in [6.07, 6.45) is 63.0. The van der Waals surface area contributed by atoms with Crippen LogP contribution in [0.1, 0.15) is 353 Å². The van der Waals surface area contributed by atoms with Crippen molar-refractivity contribution in [3.05, 3.63) is 129 Å². The maximum atomic E-state index is 11.8. The minimum absolute atomic E-state index is 0. The number of phenolic OH excluding ortho intramolecular Hbond substituents is 2. The Balaban J connectivity index is 0.000000932. The summed E-state index contributed by atoms with van der Waals surface area (Å²) in [4.78, 5) is 32.7. The van der Waals surface area contributed by atoms with Gasteiger partial charge in [-0.15, -0.1) is 0 Å². The van der Waals surface area contributed by atoms with E-state index in [2.05, 4.69) is 114 Å². The number of aromatic carboxylic acids is 2. The van der Waals surface area contributed by atoms with E-state index >= 15 is 0 Å². The van der Waals surface area contributed by atoms with Crippen LogP contribution < -0.4 is 10.2 Å². The summed E-state index contributed by atoms with van der Waals surface area (Å²) in [6.45, 7) is 16.9. The fraction of sp³-hybridized carbons (Fsp3) is 0.619. The molecule has 0 heterocycles. The molecule has 0 amide bonds. The van der Waals surface area contributed by atoms with Crippen molar-refractivity contribution in [1.29, 1.82) is 0 Å². The first-order chi connectivity index (χ1) is 45.7. The first-order valence-electron chi connectivity index (χ1n) is 37.8. The number of benzene rings is 4. The summed E-state index contributed by atoms with van der Waals surface area (Å²) in [5.41, 5.74) is 9.10. The second-order valence-electron chi connectivity index (χ2n) is 26.2. The molecule has 0 saturated carbocycles. The molecule has 0 aromatic heterocycles. The van der Waals surface area contributed by atoms with Gasteiger partial charge in [0.05, 0.1) is 33.9 Å². The number of para-hydroxylation sites is 2. The molecule has 0 spiro atoms. The Morgan fingerprint density at radius 1 is 0.358 bits per heavy atom. The molecule has 534 valence electrons. The number of unbranched alkanes of at least 4 members (excludes halogenated alkanes) is 30. The van der Waals surface area contributed by atoms with Crippen LogP contribution in [-0.2, 0) is 55.0 Å². The maximum Gasteiger partial charge on any atom is 2.00 e. The van der Waals surface area contributed by atoms with Crippen LogP contribution in [0.2, 0.25) is 0 Å². The second kappa shape index (κ2) is 57.4. The van der Waals surface area contributed by atoms with Gasteiger partial charge in [0, 0.05) is 0 Å². The first-order valence-corrected chi connectivity index (χ1v) is 37.8. The van der Waals surface area contributed by atoms with E-state index in [1.165, 1.54) is 190 Å². The molecule has 4 rings (SSSR count). The van der Waals surface area contributed by atoms with Crippen LogP contribution >= 0.6 is 0 Å². The number of aromatic hydroxyl groups is 2. The molecule has 0 aliphatic rings. The number of hydrogen-bond donors (Lipinski definition) is 4. The molecular formula is C84H130N2NiO8. The number of carboxylic acids is 2. The third-order valence-corrected chi connectivity index (χ3v) is 17.9. The van der Waals surface area contributed by atoms with E-state index in [-0.39, 0.29) is 27.6 Å². The van der Waals surface area contributed by atoms with Crippen LogP contribution in [0.4, 0.5) is 11.4 Å². The van der Waals surface area contributed by atoms with Crippen molar-refractivity contribution in [1.82, 2.24) is 0 Å². The van der Waals surface area contributed by atoms with Gasteiger partial charge >= 0.3 is 28.4 Å². The van der Waals surface area contributed by atoms with Crippen molar-refractivity contribution in [2.45, 2.75) is 338 Å². The van der Waals surface area contributed by atoms with E-state index < -0.39 is 34.9 Å². The summed E-state index contributed by atoms with van der Waals surface area (Å²) in [6, 6.07) is 20.2. The van der Waals surface area contributed by atoms with Crippen LogP contribution in [0, 0.1) is 0 Å². The standard InChI is InChI=1S/C54H88N2.2C15H22O4.Ni/c1-5-7-9-11-13-15-17-19-21-23-25-27-29-31-33-35-37-43-51-45-39-41-47-53(51)55-49(3)50(4)56-54-48-42-40-46-52(54)44-38-36-34-32-30-28-26-24-22-20-18-16-14-12-10-8-6-2;2*1-3-5-6-8-10-9-12(16)14(17)13(15(18)19)11(10)7-4-2;/h31-34,39-42,45-48H,5-30,35-38,43-44H2,1-4H3;2*9,16-17H,3-8H2,1-2H3,(H,18,19);/q;;;+2/p-2. The predicted molar refractivity (Wildman–Crippen MR) is 397 cm³/mol. The molecule has 10 nitrogen and oxygen atoms in total. The number of aryl methyl sites for hydroxylation is 4. The van der Waals surface area contributed by atoms with Gasteiger partial charge < -0.3 is 30.6 Å². The fourth-order valence-corrected chi connectivity index (χ4v) is 12.3. The molecular weight excluding hydrogens is 1220 g/mol. The molecule has 0 atom stereocenters. The normalized spacial score (nSPS) is 11.6. The average Bonchev–Trinajstić information content (AvgIpc) is 0.814. The van der Waals surface area contributed by atoms with Crippen molar-refractivity contribution >= 4 is 34.7 Å². The van der Waals surface area contributed by atoms with Gasteiger partial charge in [0.2, 0.25) is 0 Å². The van der Waals surface area contributed by atoms with Crippen LogP contribution in [0.25, 0.3) is 0 Å². The number of nitrogens with zero attached hydrogens (tertiary/aromatic N) is 2. The predicted octanol–water partition coefficient (Wildman–Crippen LogP) is 24.2. The summed E-state index contributed by atoms with van der Waals surface area (Å²) < 4.78 is 0. The zero-order valence-corrected chi connectivity index (χ0v) is 61.8. The van der Waals surface area contributed by atoms with Gasteiger partial charge in [0.25, 0.3) is 0 Å². The van der Waals surface area contributed by atoms with Gasteiger partial charge in [0.15, 0.2) is 0 Å². The Kier molecular flexibility index (Phi) is 52.8. The zero-order valence-electron chi connectivity index (χ0n) is 60.8. The number of rotatable bonds is 51. The van der Waals surface area contributed by atoms with Crippen molar-refractivity contribution in [2.75, 3.05) is 0 Å². The zero-order chi connectivity index (χ0) is 68.8. The Bertz CT molecular complexity index is 2590. The number of carbonyl (C=O) groups is 2. The largest absolute Gasteiger partial charge is 2.00 e. The van der Waals surface area contributed by atoms with E-state index in [0.717, 1.165) is 124 Å². The molecule has 0 unspecified atom stereocenters. The summed E-state index contributed by atoms with van der Waals surface area (Å²) in [5, 5.41) is 61.1. The molecule has 0 aliphatic carbocycles. The van der Waals surface area contributed by atoms with Gasteiger partial charge in [-0.1, -0.05) is 294 Å². The SMILES string of the molecule is CCCCCCCCCCCCCCC=CCCCc1ccccc1N=C(C)C(C)=Nc1ccccc1CCCC=CCCCCCCCCCCCCCC.CCCCCc1cc(O)c([O-])c(C(=O)O)c1CCC.CCCCCc1cc(O)c([O-])c(C(=O)O)c1CCC.[Ni+2]. The Hall–Kier alpha value is -5.67. The summed E-state index contributed by atoms with van der Waals surface area (Å²) in [7, 11) is 0. The monoisotopic (exact) mass is 1350 g/mol. The third kappa shape index (κ3) is 38.8. The van der Waals surface area contributed by atoms with E-state index in [4.69, 9.17) is 9.98 Å². The third-order valence-electron chi connectivity index (χ3n) is 17.9. The van der Waals surface area contributed by atoms with E-state index in [1.54, 1.807) is 0 Å². The molecule has 0 radical (unpaired) electrons. The first kappa shape index (κ1) is 87.3. The number of allylic oxidation sites excluding steroid dienone is 4. The van der Waals surface area contributed by atoms with E-state index in [0.29, 0.717) is 36.8 Å². The van der Waals surface area contributed by atoms with E-state index in [9.17, 15) is 40.2 Å². The van der Waals surface area contributed by atoms with Crippen LogP contribution in [0.5, 0.6) is 23.0 Å². The van der Waals surface area contributed by atoms with Crippen LogP contribution in [0.3, 0.4) is 0 Å². The molecule has 95 heavy (non-hydrogen) atoms. The van der Waals surface area contributed by atoms with Gasteiger partial charge in [-0.25, -0.2) is 9.59 Å². The minimum atomic E-state index is -1.25. The van der Waals surface area contributed by atoms with E-state index in [1.807, 2.05) is 13.8 Å². The number of hydrogen-bond acceptors (Lipinski definition) is 8. The van der Waals surface area contributed by atoms with Crippen LogP contribution in [-0.4, -0.2) is 43.8 Å². The molecule has 4 aromatic carbocycles. The Labute approximate surface area is 588 Å². The summed E-state index contributed by atoms with van der Waals surface area (Å²) >= 11 is 0. The molecule has 4 aromatic rings. The smallest absolute Gasteiger partial charge is 0.869 e.